The predicted molar refractivity (Wildman–Crippen MR) is 72.0 cm³/mol. The van der Waals surface area contributed by atoms with Crippen LogP contribution in [-0.2, 0) is 6.54 Å². The van der Waals surface area contributed by atoms with E-state index in [1.54, 1.807) is 0 Å². The highest BCUT2D eigenvalue weighted by Crippen LogP contribution is 2.50. The van der Waals surface area contributed by atoms with Crippen molar-refractivity contribution in [3.63, 3.8) is 0 Å². The summed E-state index contributed by atoms with van der Waals surface area (Å²) < 4.78 is 2.19. The van der Waals surface area contributed by atoms with Gasteiger partial charge in [0.1, 0.15) is 11.9 Å². The highest BCUT2D eigenvalue weighted by Gasteiger charge is 2.41. The van der Waals surface area contributed by atoms with Crippen molar-refractivity contribution < 1.29 is 0 Å². The first-order valence-electron chi connectivity index (χ1n) is 6.98. The average molecular weight is 243 g/mol. The van der Waals surface area contributed by atoms with Gasteiger partial charge in [0.15, 0.2) is 0 Å². The van der Waals surface area contributed by atoms with Crippen LogP contribution in [0.15, 0.2) is 0 Å². The Kier molecular flexibility index (Phi) is 2.62. The summed E-state index contributed by atoms with van der Waals surface area (Å²) in [5, 5.41) is 9.17. The van der Waals surface area contributed by atoms with Crippen molar-refractivity contribution in [3.8, 4) is 6.07 Å². The van der Waals surface area contributed by atoms with Crippen LogP contribution in [0.2, 0.25) is 0 Å². The lowest BCUT2D eigenvalue weighted by molar-refractivity contribution is 0.349. The molecule has 0 unspecified atom stereocenters. The summed E-state index contributed by atoms with van der Waals surface area (Å²) in [6.07, 6.45) is 5.58. The van der Waals surface area contributed by atoms with Crippen molar-refractivity contribution in [3.05, 3.63) is 16.8 Å². The van der Waals surface area contributed by atoms with E-state index >= 15 is 0 Å². The van der Waals surface area contributed by atoms with E-state index in [1.807, 2.05) is 6.92 Å². The van der Waals surface area contributed by atoms with Crippen LogP contribution in [0.5, 0.6) is 0 Å². The first-order valence-corrected chi connectivity index (χ1v) is 6.98. The van der Waals surface area contributed by atoms with Gasteiger partial charge in [0.05, 0.1) is 5.56 Å². The highest BCUT2D eigenvalue weighted by molar-refractivity contribution is 5.57. The molecule has 3 nitrogen and oxygen atoms in total. The van der Waals surface area contributed by atoms with Gasteiger partial charge in [-0.2, -0.15) is 5.26 Å². The molecule has 3 rings (SSSR count). The summed E-state index contributed by atoms with van der Waals surface area (Å²) in [5.41, 5.74) is 9.06. The van der Waals surface area contributed by atoms with E-state index in [1.165, 1.54) is 31.4 Å². The normalized spacial score (nSPS) is 19.2. The Balaban J connectivity index is 1.89. The van der Waals surface area contributed by atoms with Crippen LogP contribution in [0.4, 0.5) is 5.82 Å². The Hall–Kier alpha value is -1.43. The molecule has 0 saturated heterocycles. The van der Waals surface area contributed by atoms with Gasteiger partial charge in [0.25, 0.3) is 0 Å². The zero-order valence-electron chi connectivity index (χ0n) is 11.2. The largest absolute Gasteiger partial charge is 0.384 e. The molecule has 0 radical (unpaired) electrons. The molecular formula is C15H21N3. The molecule has 2 saturated carbocycles. The molecule has 0 amide bonds. The van der Waals surface area contributed by atoms with Crippen molar-refractivity contribution in [1.29, 1.82) is 5.26 Å². The van der Waals surface area contributed by atoms with E-state index in [0.717, 1.165) is 29.9 Å². The minimum atomic E-state index is 0.679. The molecule has 0 aromatic carbocycles. The summed E-state index contributed by atoms with van der Waals surface area (Å²) >= 11 is 0. The standard InChI is InChI=1S/C15H21N3/c1-9-10(2)18(15(17)13(9)7-16)8-14(11-3-4-11)12-5-6-12/h11-12,14H,3-6,8,17H2,1-2H3. The molecule has 0 bridgehead atoms. The molecule has 1 aromatic rings. The van der Waals surface area contributed by atoms with Crippen molar-refractivity contribution >= 4 is 5.82 Å². The minimum Gasteiger partial charge on any atom is -0.384 e. The number of hydrogen-bond donors (Lipinski definition) is 1. The SMILES string of the molecule is Cc1c(C#N)c(N)n(CC(C2CC2)C2CC2)c1C. The first-order chi connectivity index (χ1) is 8.63. The lowest BCUT2D eigenvalue weighted by Crippen LogP contribution is -2.17. The molecule has 0 spiro atoms. The molecule has 1 heterocycles. The third-order valence-corrected chi connectivity index (χ3v) is 4.83. The maximum Gasteiger partial charge on any atom is 0.122 e. The van der Waals surface area contributed by atoms with E-state index in [-0.39, 0.29) is 0 Å². The van der Waals surface area contributed by atoms with Crippen molar-refractivity contribution in [2.75, 3.05) is 5.73 Å². The number of nitrogens with two attached hydrogens (primary N) is 1. The summed E-state index contributed by atoms with van der Waals surface area (Å²) in [6, 6.07) is 2.24. The maximum absolute atomic E-state index is 9.17. The smallest absolute Gasteiger partial charge is 0.122 e. The molecule has 2 fully saturated rings. The van der Waals surface area contributed by atoms with E-state index in [4.69, 9.17) is 5.73 Å². The van der Waals surface area contributed by atoms with Crippen LogP contribution in [0.1, 0.15) is 42.5 Å². The second-order valence-electron chi connectivity index (χ2n) is 6.03. The molecule has 2 aliphatic carbocycles. The van der Waals surface area contributed by atoms with Crippen molar-refractivity contribution in [2.24, 2.45) is 17.8 Å². The highest BCUT2D eigenvalue weighted by atomic mass is 15.1. The second-order valence-corrected chi connectivity index (χ2v) is 6.03. The Morgan fingerprint density at radius 2 is 1.83 bits per heavy atom. The fourth-order valence-electron chi connectivity index (χ4n) is 3.21. The van der Waals surface area contributed by atoms with Gasteiger partial charge in [-0.05, 0) is 62.8 Å². The fourth-order valence-corrected chi connectivity index (χ4v) is 3.21. The van der Waals surface area contributed by atoms with Gasteiger partial charge in [-0.25, -0.2) is 0 Å². The quantitative estimate of drug-likeness (QED) is 0.883. The molecule has 0 aliphatic heterocycles. The Morgan fingerprint density at radius 3 is 2.22 bits per heavy atom. The van der Waals surface area contributed by atoms with Gasteiger partial charge in [-0.1, -0.05) is 0 Å². The van der Waals surface area contributed by atoms with E-state index in [2.05, 4.69) is 17.6 Å². The number of anilines is 1. The van der Waals surface area contributed by atoms with Gasteiger partial charge in [-0.15, -0.1) is 0 Å². The Labute approximate surface area is 109 Å². The van der Waals surface area contributed by atoms with Crippen LogP contribution in [-0.4, -0.2) is 4.57 Å². The van der Waals surface area contributed by atoms with Gasteiger partial charge < -0.3 is 10.3 Å². The Morgan fingerprint density at radius 1 is 1.28 bits per heavy atom. The van der Waals surface area contributed by atoms with Gasteiger partial charge >= 0.3 is 0 Å². The van der Waals surface area contributed by atoms with E-state index in [9.17, 15) is 5.26 Å². The Bertz CT molecular complexity index is 501. The van der Waals surface area contributed by atoms with Crippen LogP contribution in [0.3, 0.4) is 0 Å². The number of nitrogen functional groups attached to an aromatic ring is 1. The number of nitriles is 1. The number of rotatable bonds is 4. The zero-order valence-corrected chi connectivity index (χ0v) is 11.2. The first kappa shape index (κ1) is 11.6. The van der Waals surface area contributed by atoms with E-state index in [0.29, 0.717) is 11.4 Å². The minimum absolute atomic E-state index is 0.679. The van der Waals surface area contributed by atoms with Crippen LogP contribution in [0.25, 0.3) is 0 Å². The molecule has 1 aromatic heterocycles. The summed E-state index contributed by atoms with van der Waals surface area (Å²) in [4.78, 5) is 0. The van der Waals surface area contributed by atoms with Crippen LogP contribution in [0, 0.1) is 42.9 Å². The van der Waals surface area contributed by atoms with Gasteiger partial charge in [0.2, 0.25) is 0 Å². The monoisotopic (exact) mass is 243 g/mol. The van der Waals surface area contributed by atoms with Crippen LogP contribution >= 0.6 is 0 Å². The molecule has 0 atom stereocenters. The lowest BCUT2D eigenvalue weighted by atomic mass is 9.98. The third kappa shape index (κ3) is 1.80. The molecule has 3 heteroatoms. The van der Waals surface area contributed by atoms with Gasteiger partial charge in [0, 0.05) is 12.2 Å². The maximum atomic E-state index is 9.17. The molecule has 96 valence electrons. The van der Waals surface area contributed by atoms with E-state index < -0.39 is 0 Å². The summed E-state index contributed by atoms with van der Waals surface area (Å²) in [6.45, 7) is 5.11. The summed E-state index contributed by atoms with van der Waals surface area (Å²) in [7, 11) is 0. The number of aromatic nitrogens is 1. The third-order valence-electron chi connectivity index (χ3n) is 4.83. The zero-order chi connectivity index (χ0) is 12.9. The molecular weight excluding hydrogens is 222 g/mol. The molecule has 2 N–H and O–H groups in total. The predicted octanol–water partition coefficient (Wildman–Crippen LogP) is 3.00. The lowest BCUT2D eigenvalue weighted by Gasteiger charge is -2.19. The van der Waals surface area contributed by atoms with Gasteiger partial charge in [-0.3, -0.25) is 0 Å². The fraction of sp³-hybridized carbons (Fsp3) is 0.667. The number of hydrogen-bond acceptors (Lipinski definition) is 2. The molecule has 2 aliphatic rings. The topological polar surface area (TPSA) is 54.7 Å². The molecule has 18 heavy (non-hydrogen) atoms. The van der Waals surface area contributed by atoms with Crippen molar-refractivity contribution in [2.45, 2.75) is 46.1 Å². The van der Waals surface area contributed by atoms with Crippen LogP contribution < -0.4 is 5.73 Å². The average Bonchev–Trinajstić information content (AvgIpc) is 3.22. The second kappa shape index (κ2) is 4.05. The van der Waals surface area contributed by atoms with Crippen molar-refractivity contribution in [1.82, 2.24) is 4.57 Å². The number of nitrogens with zero attached hydrogens (tertiary/aromatic N) is 2. The summed E-state index contributed by atoms with van der Waals surface area (Å²) in [5.74, 6) is 3.32.